The van der Waals surface area contributed by atoms with Gasteiger partial charge in [0, 0.05) is 13.1 Å². The van der Waals surface area contributed by atoms with Crippen molar-refractivity contribution in [1.29, 1.82) is 0 Å². The molecule has 1 saturated heterocycles. The highest BCUT2D eigenvalue weighted by Crippen LogP contribution is 2.37. The topological polar surface area (TPSA) is 81.4 Å². The number of anilines is 1. The molecule has 0 bridgehead atoms. The van der Waals surface area contributed by atoms with Crippen LogP contribution < -0.4 is 9.64 Å². The summed E-state index contributed by atoms with van der Waals surface area (Å²) in [6, 6.07) is 7.54. The summed E-state index contributed by atoms with van der Waals surface area (Å²) in [5.41, 5.74) is 1.01. The van der Waals surface area contributed by atoms with Crippen molar-refractivity contribution < 1.29 is 9.66 Å². The monoisotopic (exact) mass is 356 g/mol. The number of rotatable bonds is 5. The third-order valence-electron chi connectivity index (χ3n) is 4.67. The summed E-state index contributed by atoms with van der Waals surface area (Å²) in [6.45, 7) is 7.87. The first-order valence-electron chi connectivity index (χ1n) is 8.98. The Morgan fingerprint density at radius 3 is 2.62 bits per heavy atom. The lowest BCUT2D eigenvalue weighted by atomic mass is 10.0. The van der Waals surface area contributed by atoms with Gasteiger partial charge in [0.1, 0.15) is 12.1 Å². The van der Waals surface area contributed by atoms with Gasteiger partial charge >= 0.3 is 11.6 Å². The summed E-state index contributed by atoms with van der Waals surface area (Å²) in [6.07, 6.45) is 3.45. The Balaban J connectivity index is 1.91. The van der Waals surface area contributed by atoms with E-state index in [2.05, 4.69) is 30.7 Å². The number of aromatic nitrogens is 2. The molecule has 26 heavy (non-hydrogen) atoms. The predicted molar refractivity (Wildman–Crippen MR) is 99.9 cm³/mol. The van der Waals surface area contributed by atoms with E-state index in [-0.39, 0.29) is 11.6 Å². The Bertz CT molecular complexity index is 777. The standard InChI is InChI=1S/C19H24N4O3/c1-13(2)15-6-8-16(9-7-15)26-19-17(23(24)25)18(20-12-21-19)22-10-4-5-14(3)11-22/h6-9,12-14H,4-5,10-11H2,1-3H3. The molecule has 1 aromatic carbocycles. The molecule has 1 atom stereocenters. The van der Waals surface area contributed by atoms with E-state index in [4.69, 9.17) is 4.74 Å². The van der Waals surface area contributed by atoms with Crippen LogP contribution in [0, 0.1) is 16.0 Å². The van der Waals surface area contributed by atoms with Crippen molar-refractivity contribution in [3.05, 3.63) is 46.3 Å². The average molecular weight is 356 g/mol. The molecule has 2 heterocycles. The molecule has 1 unspecified atom stereocenters. The maximum absolute atomic E-state index is 11.7. The van der Waals surface area contributed by atoms with Crippen molar-refractivity contribution >= 4 is 11.5 Å². The summed E-state index contributed by atoms with van der Waals surface area (Å²) in [5.74, 6) is 1.73. The lowest BCUT2D eigenvalue weighted by molar-refractivity contribution is -0.385. The third-order valence-corrected chi connectivity index (χ3v) is 4.67. The summed E-state index contributed by atoms with van der Waals surface area (Å²) < 4.78 is 5.74. The molecule has 0 radical (unpaired) electrons. The van der Waals surface area contributed by atoms with Gasteiger partial charge in [-0.15, -0.1) is 0 Å². The number of benzene rings is 1. The minimum Gasteiger partial charge on any atom is -0.434 e. The molecule has 3 rings (SSSR count). The minimum atomic E-state index is -0.452. The van der Waals surface area contributed by atoms with Crippen LogP contribution in [-0.4, -0.2) is 28.0 Å². The molecule has 2 aromatic rings. The van der Waals surface area contributed by atoms with Crippen LogP contribution in [0.3, 0.4) is 0 Å². The maximum atomic E-state index is 11.7. The molecule has 1 fully saturated rings. The van der Waals surface area contributed by atoms with E-state index in [1.54, 1.807) is 0 Å². The van der Waals surface area contributed by atoms with E-state index in [1.165, 1.54) is 11.9 Å². The lowest BCUT2D eigenvalue weighted by Crippen LogP contribution is -2.35. The summed E-state index contributed by atoms with van der Waals surface area (Å²) in [5, 5.41) is 11.7. The SMILES string of the molecule is CC1CCCN(c2ncnc(Oc3ccc(C(C)C)cc3)c2[N+](=O)[O-])C1. The molecule has 0 amide bonds. The maximum Gasteiger partial charge on any atom is 0.373 e. The average Bonchev–Trinajstić information content (AvgIpc) is 2.61. The molecule has 138 valence electrons. The minimum absolute atomic E-state index is 0.0180. The van der Waals surface area contributed by atoms with Crippen LogP contribution in [0.4, 0.5) is 11.5 Å². The molecule has 7 nitrogen and oxygen atoms in total. The molecular weight excluding hydrogens is 332 g/mol. The van der Waals surface area contributed by atoms with Crippen LogP contribution in [-0.2, 0) is 0 Å². The molecule has 0 saturated carbocycles. The highest BCUT2D eigenvalue weighted by Gasteiger charge is 2.30. The lowest BCUT2D eigenvalue weighted by Gasteiger charge is -2.31. The Morgan fingerprint density at radius 1 is 1.27 bits per heavy atom. The first-order valence-corrected chi connectivity index (χ1v) is 8.98. The van der Waals surface area contributed by atoms with E-state index in [0.717, 1.165) is 25.9 Å². The highest BCUT2D eigenvalue weighted by molar-refractivity contribution is 5.63. The van der Waals surface area contributed by atoms with Crippen LogP contribution in [0.5, 0.6) is 11.6 Å². The van der Waals surface area contributed by atoms with Crippen LogP contribution in [0.1, 0.15) is 45.1 Å². The Kier molecular flexibility index (Phi) is 5.35. The smallest absolute Gasteiger partial charge is 0.373 e. The molecule has 0 aliphatic carbocycles. The van der Waals surface area contributed by atoms with Gasteiger partial charge in [0.2, 0.25) is 5.82 Å². The van der Waals surface area contributed by atoms with Crippen molar-refractivity contribution in [3.63, 3.8) is 0 Å². The van der Waals surface area contributed by atoms with Gasteiger partial charge < -0.3 is 9.64 Å². The van der Waals surface area contributed by atoms with E-state index < -0.39 is 4.92 Å². The summed E-state index contributed by atoms with van der Waals surface area (Å²) in [7, 11) is 0. The molecule has 1 aromatic heterocycles. The zero-order chi connectivity index (χ0) is 18.7. The van der Waals surface area contributed by atoms with Gasteiger partial charge in [-0.3, -0.25) is 10.1 Å². The van der Waals surface area contributed by atoms with E-state index in [1.807, 2.05) is 29.2 Å². The quantitative estimate of drug-likeness (QED) is 0.578. The second-order valence-electron chi connectivity index (χ2n) is 7.13. The van der Waals surface area contributed by atoms with E-state index in [0.29, 0.717) is 23.4 Å². The van der Waals surface area contributed by atoms with Crippen molar-refractivity contribution in [3.8, 4) is 11.6 Å². The molecular formula is C19H24N4O3. The molecule has 7 heteroatoms. The van der Waals surface area contributed by atoms with Gasteiger partial charge in [-0.2, -0.15) is 4.98 Å². The summed E-state index contributed by atoms with van der Waals surface area (Å²) >= 11 is 0. The van der Waals surface area contributed by atoms with Gasteiger partial charge in [-0.1, -0.05) is 32.9 Å². The van der Waals surface area contributed by atoms with Gasteiger partial charge in [0.05, 0.1) is 4.92 Å². The first-order chi connectivity index (χ1) is 12.5. The molecule has 1 aliphatic heterocycles. The number of nitrogens with zero attached hydrogens (tertiary/aromatic N) is 4. The van der Waals surface area contributed by atoms with Gasteiger partial charge in [0.15, 0.2) is 0 Å². The molecule has 0 N–H and O–H groups in total. The van der Waals surface area contributed by atoms with Crippen molar-refractivity contribution in [2.75, 3.05) is 18.0 Å². The summed E-state index contributed by atoms with van der Waals surface area (Å²) in [4.78, 5) is 21.4. The fourth-order valence-corrected chi connectivity index (χ4v) is 3.23. The highest BCUT2D eigenvalue weighted by atomic mass is 16.6. The van der Waals surface area contributed by atoms with Crippen LogP contribution >= 0.6 is 0 Å². The van der Waals surface area contributed by atoms with Gasteiger partial charge in [-0.05, 0) is 42.4 Å². The van der Waals surface area contributed by atoms with Crippen LogP contribution in [0.2, 0.25) is 0 Å². The first kappa shape index (κ1) is 18.1. The van der Waals surface area contributed by atoms with E-state index >= 15 is 0 Å². The Hall–Kier alpha value is -2.70. The second-order valence-corrected chi connectivity index (χ2v) is 7.13. The largest absolute Gasteiger partial charge is 0.434 e. The predicted octanol–water partition coefficient (Wildman–Crippen LogP) is 4.54. The Labute approximate surface area is 153 Å². The van der Waals surface area contributed by atoms with Crippen LogP contribution in [0.25, 0.3) is 0 Å². The zero-order valence-corrected chi connectivity index (χ0v) is 15.4. The fourth-order valence-electron chi connectivity index (χ4n) is 3.23. The zero-order valence-electron chi connectivity index (χ0n) is 15.4. The molecule has 0 spiro atoms. The van der Waals surface area contributed by atoms with Crippen molar-refractivity contribution in [1.82, 2.24) is 9.97 Å². The fraction of sp³-hybridized carbons (Fsp3) is 0.474. The number of hydrogen-bond donors (Lipinski definition) is 0. The van der Waals surface area contributed by atoms with Crippen molar-refractivity contribution in [2.45, 2.75) is 39.5 Å². The number of ether oxygens (including phenoxy) is 1. The van der Waals surface area contributed by atoms with Crippen LogP contribution in [0.15, 0.2) is 30.6 Å². The van der Waals surface area contributed by atoms with E-state index in [9.17, 15) is 10.1 Å². The number of hydrogen-bond acceptors (Lipinski definition) is 6. The number of piperidine rings is 1. The van der Waals surface area contributed by atoms with Gasteiger partial charge in [0.25, 0.3) is 0 Å². The molecule has 1 aliphatic rings. The van der Waals surface area contributed by atoms with Crippen molar-refractivity contribution in [2.24, 2.45) is 5.92 Å². The second kappa shape index (κ2) is 7.68. The van der Waals surface area contributed by atoms with Gasteiger partial charge in [-0.25, -0.2) is 4.98 Å². The Morgan fingerprint density at radius 2 is 2.00 bits per heavy atom. The normalized spacial score (nSPS) is 17.4. The third kappa shape index (κ3) is 3.92. The number of nitro groups is 1.